The summed E-state index contributed by atoms with van der Waals surface area (Å²) in [6, 6.07) is 7.33. The van der Waals surface area contributed by atoms with Crippen molar-refractivity contribution >= 4 is 11.6 Å². The van der Waals surface area contributed by atoms with Crippen LogP contribution in [0.25, 0.3) is 0 Å². The van der Waals surface area contributed by atoms with Crippen LogP contribution in [0.4, 0.5) is 0 Å². The molecule has 1 saturated carbocycles. The normalized spacial score (nSPS) is 24.1. The van der Waals surface area contributed by atoms with E-state index in [2.05, 4.69) is 6.07 Å². The van der Waals surface area contributed by atoms with Gasteiger partial charge in [0.15, 0.2) is 0 Å². The van der Waals surface area contributed by atoms with Crippen LogP contribution < -0.4 is 10.5 Å². The summed E-state index contributed by atoms with van der Waals surface area (Å²) in [5, 5.41) is 9.42. The fourth-order valence-corrected chi connectivity index (χ4v) is 2.18. The summed E-state index contributed by atoms with van der Waals surface area (Å²) in [6.07, 6.45) is 3.01. The maximum atomic E-state index is 8.99. The van der Waals surface area contributed by atoms with Crippen LogP contribution in [0.3, 0.4) is 0 Å². The highest BCUT2D eigenvalue weighted by Gasteiger charge is 2.26. The predicted molar refractivity (Wildman–Crippen MR) is 62.4 cm³/mol. The Morgan fingerprint density at radius 3 is 2.88 bits per heavy atom. The lowest BCUT2D eigenvalue weighted by Crippen LogP contribution is -2.33. The van der Waals surface area contributed by atoms with Gasteiger partial charge in [0.25, 0.3) is 0 Å². The van der Waals surface area contributed by atoms with Gasteiger partial charge in [0, 0.05) is 6.04 Å². The first-order chi connectivity index (χ1) is 7.72. The second kappa shape index (κ2) is 4.73. The second-order valence-corrected chi connectivity index (χ2v) is 4.38. The number of hydrogen-bond donors (Lipinski definition) is 1. The van der Waals surface area contributed by atoms with Gasteiger partial charge in [0.2, 0.25) is 0 Å². The number of nitriles is 1. The SMILES string of the molecule is N#Cc1c(Cl)cccc1OC1CCCC1N. The van der Waals surface area contributed by atoms with Gasteiger partial charge in [-0.05, 0) is 31.4 Å². The Labute approximate surface area is 99.8 Å². The number of nitrogens with two attached hydrogens (primary N) is 1. The summed E-state index contributed by atoms with van der Waals surface area (Å²) in [6.45, 7) is 0. The van der Waals surface area contributed by atoms with Crippen molar-refractivity contribution in [2.45, 2.75) is 31.4 Å². The van der Waals surface area contributed by atoms with Gasteiger partial charge in [-0.3, -0.25) is 0 Å². The van der Waals surface area contributed by atoms with Gasteiger partial charge in [-0.25, -0.2) is 0 Å². The average molecular weight is 237 g/mol. The van der Waals surface area contributed by atoms with Crippen molar-refractivity contribution in [1.29, 1.82) is 5.26 Å². The van der Waals surface area contributed by atoms with Crippen LogP contribution in [-0.2, 0) is 0 Å². The molecule has 0 radical (unpaired) electrons. The van der Waals surface area contributed by atoms with Gasteiger partial charge in [-0.15, -0.1) is 0 Å². The summed E-state index contributed by atoms with van der Waals surface area (Å²) in [7, 11) is 0. The number of halogens is 1. The van der Waals surface area contributed by atoms with Crippen LogP contribution in [0.15, 0.2) is 18.2 Å². The van der Waals surface area contributed by atoms with E-state index in [1.807, 2.05) is 0 Å². The molecule has 0 spiro atoms. The first kappa shape index (κ1) is 11.3. The average Bonchev–Trinajstić information content (AvgIpc) is 2.65. The van der Waals surface area contributed by atoms with Crippen molar-refractivity contribution in [2.75, 3.05) is 0 Å². The standard InChI is InChI=1S/C12H13ClN2O/c13-9-3-1-5-11(8(9)7-14)16-12-6-2-4-10(12)15/h1,3,5,10,12H,2,4,6,15H2. The molecule has 0 heterocycles. The molecule has 1 aromatic rings. The quantitative estimate of drug-likeness (QED) is 0.858. The Morgan fingerprint density at radius 1 is 1.44 bits per heavy atom. The fourth-order valence-electron chi connectivity index (χ4n) is 1.98. The number of benzene rings is 1. The lowest BCUT2D eigenvalue weighted by Gasteiger charge is -2.18. The molecule has 1 fully saturated rings. The Morgan fingerprint density at radius 2 is 2.25 bits per heavy atom. The molecule has 2 rings (SSSR count). The molecular weight excluding hydrogens is 224 g/mol. The Hall–Kier alpha value is -1.24. The van der Waals surface area contributed by atoms with E-state index in [1.54, 1.807) is 18.2 Å². The molecule has 4 heteroatoms. The molecule has 0 aromatic heterocycles. The third kappa shape index (κ3) is 2.13. The molecule has 2 atom stereocenters. The third-order valence-electron chi connectivity index (χ3n) is 2.87. The van der Waals surface area contributed by atoms with Crippen molar-refractivity contribution in [2.24, 2.45) is 5.73 Å². The van der Waals surface area contributed by atoms with E-state index >= 15 is 0 Å². The van der Waals surface area contributed by atoms with Crippen molar-refractivity contribution in [3.05, 3.63) is 28.8 Å². The molecule has 0 aliphatic heterocycles. The highest BCUT2D eigenvalue weighted by atomic mass is 35.5. The molecule has 0 saturated heterocycles. The smallest absolute Gasteiger partial charge is 0.139 e. The molecule has 1 aliphatic carbocycles. The monoisotopic (exact) mass is 236 g/mol. The van der Waals surface area contributed by atoms with Gasteiger partial charge in [0.05, 0.1) is 5.02 Å². The van der Waals surface area contributed by atoms with Crippen LogP contribution in [0, 0.1) is 11.3 Å². The lowest BCUT2D eigenvalue weighted by atomic mass is 10.2. The van der Waals surface area contributed by atoms with E-state index in [4.69, 9.17) is 27.3 Å². The van der Waals surface area contributed by atoms with Crippen molar-refractivity contribution in [3.63, 3.8) is 0 Å². The summed E-state index contributed by atoms with van der Waals surface area (Å²) in [5.74, 6) is 0.539. The third-order valence-corrected chi connectivity index (χ3v) is 3.18. The predicted octanol–water partition coefficient (Wildman–Crippen LogP) is 2.47. The molecule has 16 heavy (non-hydrogen) atoms. The molecule has 1 aromatic carbocycles. The summed E-state index contributed by atoms with van der Waals surface area (Å²) >= 11 is 5.92. The molecule has 2 N–H and O–H groups in total. The summed E-state index contributed by atoms with van der Waals surface area (Å²) < 4.78 is 5.76. The van der Waals surface area contributed by atoms with E-state index in [1.165, 1.54) is 0 Å². The summed E-state index contributed by atoms with van der Waals surface area (Å²) in [4.78, 5) is 0. The van der Waals surface area contributed by atoms with Crippen LogP contribution in [0.1, 0.15) is 24.8 Å². The molecule has 2 unspecified atom stereocenters. The van der Waals surface area contributed by atoms with Gasteiger partial charge in [-0.2, -0.15) is 5.26 Å². The van der Waals surface area contributed by atoms with E-state index in [0.717, 1.165) is 19.3 Å². The van der Waals surface area contributed by atoms with Crippen LogP contribution >= 0.6 is 11.6 Å². The zero-order chi connectivity index (χ0) is 11.5. The number of nitrogens with zero attached hydrogens (tertiary/aromatic N) is 1. The lowest BCUT2D eigenvalue weighted by molar-refractivity contribution is 0.191. The minimum absolute atomic E-state index is 0.00515. The fraction of sp³-hybridized carbons (Fsp3) is 0.417. The van der Waals surface area contributed by atoms with E-state index in [-0.39, 0.29) is 12.1 Å². The van der Waals surface area contributed by atoms with Gasteiger partial charge < -0.3 is 10.5 Å². The summed E-state index contributed by atoms with van der Waals surface area (Å²) in [5.41, 5.74) is 6.31. The number of hydrogen-bond acceptors (Lipinski definition) is 3. The number of rotatable bonds is 2. The highest BCUT2D eigenvalue weighted by Crippen LogP contribution is 2.29. The highest BCUT2D eigenvalue weighted by molar-refractivity contribution is 6.31. The zero-order valence-electron chi connectivity index (χ0n) is 8.82. The van der Waals surface area contributed by atoms with Crippen LogP contribution in [0.5, 0.6) is 5.75 Å². The number of ether oxygens (including phenoxy) is 1. The van der Waals surface area contributed by atoms with E-state index < -0.39 is 0 Å². The van der Waals surface area contributed by atoms with Crippen molar-refractivity contribution < 1.29 is 4.74 Å². The minimum Gasteiger partial charge on any atom is -0.487 e. The van der Waals surface area contributed by atoms with Crippen LogP contribution in [0.2, 0.25) is 5.02 Å². The zero-order valence-corrected chi connectivity index (χ0v) is 9.57. The maximum Gasteiger partial charge on any atom is 0.139 e. The first-order valence-electron chi connectivity index (χ1n) is 5.33. The van der Waals surface area contributed by atoms with Crippen molar-refractivity contribution in [3.8, 4) is 11.8 Å². The van der Waals surface area contributed by atoms with E-state index in [0.29, 0.717) is 16.3 Å². The molecular formula is C12H13ClN2O. The van der Waals surface area contributed by atoms with Crippen molar-refractivity contribution in [1.82, 2.24) is 0 Å². The Kier molecular flexibility index (Phi) is 3.33. The molecule has 1 aliphatic rings. The van der Waals surface area contributed by atoms with Gasteiger partial charge in [-0.1, -0.05) is 17.7 Å². The molecule has 84 valence electrons. The largest absolute Gasteiger partial charge is 0.487 e. The second-order valence-electron chi connectivity index (χ2n) is 3.98. The molecule has 0 bridgehead atoms. The van der Waals surface area contributed by atoms with Gasteiger partial charge >= 0.3 is 0 Å². The Bertz CT molecular complexity index is 428. The molecule has 3 nitrogen and oxygen atoms in total. The topological polar surface area (TPSA) is 59.0 Å². The van der Waals surface area contributed by atoms with Gasteiger partial charge in [0.1, 0.15) is 23.5 Å². The molecule has 0 amide bonds. The Balaban J connectivity index is 2.21. The minimum atomic E-state index is 0.00515. The first-order valence-corrected chi connectivity index (χ1v) is 5.71. The van der Waals surface area contributed by atoms with E-state index in [9.17, 15) is 0 Å². The van der Waals surface area contributed by atoms with Crippen LogP contribution in [-0.4, -0.2) is 12.1 Å². The maximum absolute atomic E-state index is 8.99.